The van der Waals surface area contributed by atoms with Crippen molar-refractivity contribution in [3.8, 4) is 0 Å². The standard InChI is InChI=1S/C55H60O3Si2/c1-54-38-37-52-50(51(54)34-35-53(54)58-60(47-26-14-5-15-27-47,48-28-16-6-17-29-48)49-30-18-7-19-31-49)33-32-42-40-43(56)36-39-55(42,52)41-57-59(44-20-8-2-9-21-44,45-22-10-3-11-23-45)46-24-12-4-13-25-46/h2-31,42-43,50-53,56H,32-41H2,1H3/t42-,43-,50-,51-,52-,53-,54-,55+/m0/s1. The SMILES string of the molecule is C[C@]12CC[C@H]3[C@@H](CC[C@H]4C[C@@H](O)CC[C@@]43CO[Si](c3ccccc3)(c3ccccc3)c3ccccc3)[C@@H]1CC[C@@H]2O[Si](c1ccccc1)(c1ccccc1)c1ccccc1. The highest BCUT2D eigenvalue weighted by molar-refractivity contribution is 7.07. The Morgan fingerprint density at radius 3 is 1.37 bits per heavy atom. The molecule has 0 amide bonds. The van der Waals surface area contributed by atoms with Gasteiger partial charge in [0.05, 0.1) is 12.2 Å². The summed E-state index contributed by atoms with van der Waals surface area (Å²) in [6, 6.07) is 66.9. The van der Waals surface area contributed by atoms with Crippen molar-refractivity contribution in [2.24, 2.45) is 34.5 Å². The van der Waals surface area contributed by atoms with E-state index in [0.29, 0.717) is 23.7 Å². The summed E-state index contributed by atoms with van der Waals surface area (Å²) in [6.45, 7) is 3.36. The lowest BCUT2D eigenvalue weighted by Crippen LogP contribution is -2.71. The molecule has 4 aliphatic carbocycles. The fourth-order valence-corrected chi connectivity index (χ4v) is 21.6. The van der Waals surface area contributed by atoms with Crippen LogP contribution >= 0.6 is 0 Å². The second kappa shape index (κ2) is 16.5. The summed E-state index contributed by atoms with van der Waals surface area (Å²) in [5.41, 5.74) is 0.104. The lowest BCUT2D eigenvalue weighted by atomic mass is 9.44. The Bertz CT molecular complexity index is 2120. The molecule has 0 saturated heterocycles. The molecule has 0 aromatic heterocycles. The quantitative estimate of drug-likeness (QED) is 0.106. The van der Waals surface area contributed by atoms with Gasteiger partial charge in [-0.2, -0.15) is 0 Å². The van der Waals surface area contributed by atoms with Gasteiger partial charge in [-0.05, 0) is 123 Å². The van der Waals surface area contributed by atoms with Gasteiger partial charge in [-0.3, -0.25) is 0 Å². The fraction of sp³-hybridized carbons (Fsp3) is 0.345. The molecular weight excluding hydrogens is 765 g/mol. The van der Waals surface area contributed by atoms with Crippen LogP contribution in [0.5, 0.6) is 0 Å². The van der Waals surface area contributed by atoms with Gasteiger partial charge in [0.15, 0.2) is 0 Å². The Kier molecular flexibility index (Phi) is 10.9. The Morgan fingerprint density at radius 1 is 0.483 bits per heavy atom. The summed E-state index contributed by atoms with van der Waals surface area (Å²) in [4.78, 5) is 0. The van der Waals surface area contributed by atoms with Crippen molar-refractivity contribution in [1.82, 2.24) is 0 Å². The van der Waals surface area contributed by atoms with E-state index in [1.807, 2.05) is 0 Å². The predicted molar refractivity (Wildman–Crippen MR) is 251 cm³/mol. The molecule has 0 radical (unpaired) electrons. The second-order valence-electron chi connectivity index (χ2n) is 18.9. The van der Waals surface area contributed by atoms with E-state index in [2.05, 4.69) is 189 Å². The lowest BCUT2D eigenvalue weighted by Gasteiger charge is -2.62. The van der Waals surface area contributed by atoms with Crippen LogP contribution in [-0.2, 0) is 8.85 Å². The van der Waals surface area contributed by atoms with Crippen molar-refractivity contribution >= 4 is 47.8 Å². The Hall–Kier alpha value is -4.37. The minimum Gasteiger partial charge on any atom is -0.404 e. The zero-order chi connectivity index (χ0) is 40.6. The lowest BCUT2D eigenvalue weighted by molar-refractivity contribution is -0.154. The largest absolute Gasteiger partial charge is 0.404 e. The van der Waals surface area contributed by atoms with E-state index >= 15 is 0 Å². The molecule has 1 N–H and O–H groups in total. The second-order valence-corrected chi connectivity index (χ2v) is 25.6. The van der Waals surface area contributed by atoms with Crippen LogP contribution in [0.4, 0.5) is 0 Å². The molecule has 0 unspecified atom stereocenters. The molecule has 0 bridgehead atoms. The Labute approximate surface area is 360 Å². The number of hydrogen-bond acceptors (Lipinski definition) is 3. The highest BCUT2D eigenvalue weighted by Gasteiger charge is 2.63. The van der Waals surface area contributed by atoms with Crippen molar-refractivity contribution in [3.05, 3.63) is 182 Å². The maximum absolute atomic E-state index is 11.3. The van der Waals surface area contributed by atoms with E-state index in [1.165, 1.54) is 63.2 Å². The maximum Gasteiger partial charge on any atom is 0.288 e. The summed E-state index contributed by atoms with van der Waals surface area (Å²) in [6.07, 6.45) is 9.85. The molecule has 0 heterocycles. The molecule has 306 valence electrons. The van der Waals surface area contributed by atoms with Crippen LogP contribution in [0.1, 0.15) is 64.7 Å². The zero-order valence-corrected chi connectivity index (χ0v) is 37.1. The number of aliphatic hydroxyl groups is 1. The number of aliphatic hydroxyl groups excluding tert-OH is 1. The maximum atomic E-state index is 11.3. The molecule has 4 aliphatic rings. The van der Waals surface area contributed by atoms with Crippen molar-refractivity contribution in [3.63, 3.8) is 0 Å². The van der Waals surface area contributed by atoms with Crippen molar-refractivity contribution in [2.45, 2.75) is 76.9 Å². The summed E-state index contributed by atoms with van der Waals surface area (Å²) in [7, 11) is -5.80. The van der Waals surface area contributed by atoms with Gasteiger partial charge in [-0.25, -0.2) is 0 Å². The number of benzene rings is 6. The van der Waals surface area contributed by atoms with Crippen LogP contribution in [0.2, 0.25) is 0 Å². The van der Waals surface area contributed by atoms with Gasteiger partial charge in [0.1, 0.15) is 0 Å². The third kappa shape index (κ3) is 6.64. The minimum atomic E-state index is -2.92. The van der Waals surface area contributed by atoms with Gasteiger partial charge >= 0.3 is 0 Å². The molecule has 5 heteroatoms. The zero-order valence-electron chi connectivity index (χ0n) is 35.1. The van der Waals surface area contributed by atoms with Crippen molar-refractivity contribution in [1.29, 1.82) is 0 Å². The number of rotatable bonds is 11. The smallest absolute Gasteiger partial charge is 0.288 e. The average Bonchev–Trinajstić information content (AvgIpc) is 3.65. The van der Waals surface area contributed by atoms with Gasteiger partial charge in [0, 0.05) is 6.61 Å². The molecular formula is C55H60O3Si2. The third-order valence-electron chi connectivity index (χ3n) is 16.2. The van der Waals surface area contributed by atoms with Gasteiger partial charge in [-0.15, -0.1) is 0 Å². The highest BCUT2D eigenvalue weighted by Crippen LogP contribution is 2.67. The minimum absolute atomic E-state index is 0.0234. The Morgan fingerprint density at radius 2 is 0.917 bits per heavy atom. The monoisotopic (exact) mass is 824 g/mol. The van der Waals surface area contributed by atoms with E-state index in [4.69, 9.17) is 8.85 Å². The van der Waals surface area contributed by atoms with Crippen LogP contribution in [0.3, 0.4) is 0 Å². The molecule has 0 spiro atoms. The fourth-order valence-electron chi connectivity index (χ4n) is 13.4. The average molecular weight is 825 g/mol. The molecule has 0 aliphatic heterocycles. The first-order chi connectivity index (χ1) is 29.5. The highest BCUT2D eigenvalue weighted by atomic mass is 28.4. The molecule has 10 rings (SSSR count). The van der Waals surface area contributed by atoms with Crippen LogP contribution in [0.25, 0.3) is 0 Å². The molecule has 6 aromatic carbocycles. The Balaban J connectivity index is 1.02. The third-order valence-corrected chi connectivity index (χ3v) is 24.3. The summed E-state index contributed by atoms with van der Waals surface area (Å²) in [5.74, 6) is 2.24. The van der Waals surface area contributed by atoms with Gasteiger partial charge in [0.2, 0.25) is 0 Å². The summed E-state index contributed by atoms with van der Waals surface area (Å²) in [5, 5.41) is 19.2. The number of hydrogen-bond donors (Lipinski definition) is 1. The van der Waals surface area contributed by atoms with Crippen LogP contribution in [0, 0.1) is 34.5 Å². The molecule has 60 heavy (non-hydrogen) atoms. The first kappa shape index (κ1) is 39.8. The van der Waals surface area contributed by atoms with Gasteiger partial charge in [-0.1, -0.05) is 189 Å². The van der Waals surface area contributed by atoms with E-state index in [0.717, 1.165) is 32.3 Å². The molecule has 8 atom stereocenters. The van der Waals surface area contributed by atoms with Crippen molar-refractivity contribution in [2.75, 3.05) is 6.61 Å². The molecule has 3 nitrogen and oxygen atoms in total. The first-order valence-electron chi connectivity index (χ1n) is 22.8. The predicted octanol–water partition coefficient (Wildman–Crippen LogP) is 8.11. The molecule has 4 saturated carbocycles. The normalized spacial score (nSPS) is 28.9. The van der Waals surface area contributed by atoms with E-state index in [-0.39, 0.29) is 23.0 Å². The number of fused-ring (bicyclic) bond motifs is 5. The summed E-state index contributed by atoms with van der Waals surface area (Å²) >= 11 is 0. The van der Waals surface area contributed by atoms with Gasteiger partial charge in [0.25, 0.3) is 16.6 Å². The molecule has 4 fully saturated rings. The molecule has 6 aromatic rings. The van der Waals surface area contributed by atoms with E-state index in [1.54, 1.807) is 0 Å². The topological polar surface area (TPSA) is 38.7 Å². The van der Waals surface area contributed by atoms with E-state index in [9.17, 15) is 5.11 Å². The van der Waals surface area contributed by atoms with Crippen molar-refractivity contribution < 1.29 is 14.0 Å². The van der Waals surface area contributed by atoms with Gasteiger partial charge < -0.3 is 14.0 Å². The van der Waals surface area contributed by atoms with Crippen LogP contribution < -0.4 is 31.1 Å². The first-order valence-corrected chi connectivity index (χ1v) is 26.6. The van der Waals surface area contributed by atoms with Crippen LogP contribution in [-0.4, -0.2) is 40.6 Å². The summed E-state index contributed by atoms with van der Waals surface area (Å²) < 4.78 is 16.1. The van der Waals surface area contributed by atoms with E-state index < -0.39 is 16.6 Å². The van der Waals surface area contributed by atoms with Crippen LogP contribution in [0.15, 0.2) is 182 Å².